The zero-order valence-corrected chi connectivity index (χ0v) is 9.77. The monoisotopic (exact) mass is 237 g/mol. The second-order valence-corrected chi connectivity index (χ2v) is 4.12. The molecule has 1 heterocycles. The highest BCUT2D eigenvalue weighted by Gasteiger charge is 2.13. The molecule has 0 radical (unpaired) electrons. The van der Waals surface area contributed by atoms with Crippen LogP contribution in [0.15, 0.2) is 31.4 Å². The molecule has 1 aromatic rings. The summed E-state index contributed by atoms with van der Waals surface area (Å²) in [6, 6.07) is 1.75. The number of nitrogen functional groups attached to an aromatic ring is 1. The quantitative estimate of drug-likeness (QED) is 0.661. The predicted octanol–water partition coefficient (Wildman–Crippen LogP) is 1.84. The first-order chi connectivity index (χ1) is 7.69. The van der Waals surface area contributed by atoms with Gasteiger partial charge in [0.25, 0.3) is 5.91 Å². The van der Waals surface area contributed by atoms with Gasteiger partial charge < -0.3 is 16.4 Å². The van der Waals surface area contributed by atoms with E-state index in [4.69, 9.17) is 5.73 Å². The van der Waals surface area contributed by atoms with Gasteiger partial charge in [0.2, 0.25) is 0 Å². The first-order valence-electron chi connectivity index (χ1n) is 4.82. The summed E-state index contributed by atoms with van der Waals surface area (Å²) in [5.74, 6) is -0.172. The summed E-state index contributed by atoms with van der Waals surface area (Å²) in [6.07, 6.45) is 3.37. The molecule has 16 heavy (non-hydrogen) atoms. The highest BCUT2D eigenvalue weighted by Crippen LogP contribution is 2.28. The van der Waals surface area contributed by atoms with Crippen molar-refractivity contribution in [3.05, 3.63) is 36.3 Å². The van der Waals surface area contributed by atoms with E-state index in [9.17, 15) is 4.79 Å². The Balaban J connectivity index is 2.72. The minimum absolute atomic E-state index is 0.172. The van der Waals surface area contributed by atoms with Crippen LogP contribution in [-0.4, -0.2) is 19.0 Å². The van der Waals surface area contributed by atoms with Crippen molar-refractivity contribution in [2.24, 2.45) is 0 Å². The summed E-state index contributed by atoms with van der Waals surface area (Å²) >= 11 is 1.33. The molecule has 5 heteroatoms. The van der Waals surface area contributed by atoms with Gasteiger partial charge in [-0.2, -0.15) is 0 Å². The molecule has 4 N–H and O–H groups in total. The third-order valence-electron chi connectivity index (χ3n) is 1.79. The number of nitrogens with two attached hydrogens (primary N) is 1. The van der Waals surface area contributed by atoms with E-state index >= 15 is 0 Å². The van der Waals surface area contributed by atoms with Crippen LogP contribution in [0.5, 0.6) is 0 Å². The minimum Gasteiger partial charge on any atom is -0.397 e. The zero-order valence-electron chi connectivity index (χ0n) is 8.95. The van der Waals surface area contributed by atoms with Crippen LogP contribution >= 0.6 is 11.3 Å². The average molecular weight is 237 g/mol. The van der Waals surface area contributed by atoms with Gasteiger partial charge in [-0.3, -0.25) is 4.79 Å². The molecule has 4 nitrogen and oxygen atoms in total. The Morgan fingerprint density at radius 3 is 2.75 bits per heavy atom. The van der Waals surface area contributed by atoms with E-state index in [0.29, 0.717) is 23.7 Å². The molecule has 0 atom stereocenters. The highest BCUT2D eigenvalue weighted by molar-refractivity contribution is 7.18. The predicted molar refractivity (Wildman–Crippen MR) is 69.9 cm³/mol. The summed E-state index contributed by atoms with van der Waals surface area (Å²) in [4.78, 5) is 12.2. The van der Waals surface area contributed by atoms with Gasteiger partial charge in [0, 0.05) is 13.1 Å². The highest BCUT2D eigenvalue weighted by atomic mass is 32.1. The number of carbonyl (C=O) groups excluding carboxylic acids is 1. The Hall–Kier alpha value is -1.75. The summed E-state index contributed by atoms with van der Waals surface area (Å²) in [5.41, 5.74) is 6.23. The third kappa shape index (κ3) is 3.13. The van der Waals surface area contributed by atoms with Crippen LogP contribution in [0.2, 0.25) is 0 Å². The van der Waals surface area contributed by atoms with Crippen molar-refractivity contribution in [3.8, 4) is 0 Å². The molecule has 0 saturated carbocycles. The summed E-state index contributed by atoms with van der Waals surface area (Å²) in [5, 5.41) is 6.63. The lowest BCUT2D eigenvalue weighted by molar-refractivity contribution is 0.0963. The maximum Gasteiger partial charge on any atom is 0.263 e. The van der Waals surface area contributed by atoms with Crippen molar-refractivity contribution in [3.63, 3.8) is 0 Å². The number of rotatable bonds is 6. The number of hydrogen-bond acceptors (Lipinski definition) is 4. The standard InChI is InChI=1S/C11H15N3OS/c1-3-5-13-9-7-8(12)10(16-9)11(15)14-6-4-2/h3-4,7,13H,1-2,5-6,12H2,(H,14,15). The van der Waals surface area contributed by atoms with E-state index in [1.807, 2.05) is 0 Å². The van der Waals surface area contributed by atoms with Gasteiger partial charge in [0.1, 0.15) is 4.88 Å². The van der Waals surface area contributed by atoms with Crippen molar-refractivity contribution in [2.75, 3.05) is 24.1 Å². The second kappa shape index (κ2) is 5.97. The van der Waals surface area contributed by atoms with Gasteiger partial charge in [-0.05, 0) is 6.07 Å². The van der Waals surface area contributed by atoms with E-state index in [0.717, 1.165) is 5.00 Å². The molecule has 0 aliphatic rings. The summed E-state index contributed by atoms with van der Waals surface area (Å²) < 4.78 is 0. The van der Waals surface area contributed by atoms with Crippen LogP contribution in [0.3, 0.4) is 0 Å². The fourth-order valence-electron chi connectivity index (χ4n) is 1.09. The van der Waals surface area contributed by atoms with Gasteiger partial charge in [-0.1, -0.05) is 12.2 Å². The molecule has 1 amide bonds. The molecule has 0 aromatic carbocycles. The van der Waals surface area contributed by atoms with Crippen LogP contribution in [-0.2, 0) is 0 Å². The van der Waals surface area contributed by atoms with Crippen LogP contribution in [0.1, 0.15) is 9.67 Å². The van der Waals surface area contributed by atoms with Crippen molar-refractivity contribution >= 4 is 27.9 Å². The van der Waals surface area contributed by atoms with Crippen molar-refractivity contribution in [2.45, 2.75) is 0 Å². The maximum atomic E-state index is 11.6. The molecule has 1 aromatic heterocycles. The molecule has 0 saturated heterocycles. The van der Waals surface area contributed by atoms with E-state index in [1.165, 1.54) is 11.3 Å². The van der Waals surface area contributed by atoms with E-state index in [2.05, 4.69) is 23.8 Å². The summed E-state index contributed by atoms with van der Waals surface area (Å²) in [7, 11) is 0. The Morgan fingerprint density at radius 2 is 2.12 bits per heavy atom. The smallest absolute Gasteiger partial charge is 0.263 e. The molecule has 0 unspecified atom stereocenters. The van der Waals surface area contributed by atoms with Gasteiger partial charge in [0.15, 0.2) is 0 Å². The lowest BCUT2D eigenvalue weighted by Gasteiger charge is -1.99. The van der Waals surface area contributed by atoms with Crippen LogP contribution in [0.4, 0.5) is 10.7 Å². The van der Waals surface area contributed by atoms with Gasteiger partial charge in [-0.15, -0.1) is 24.5 Å². The summed E-state index contributed by atoms with van der Waals surface area (Å²) in [6.45, 7) is 8.21. The van der Waals surface area contributed by atoms with Crippen molar-refractivity contribution in [1.29, 1.82) is 0 Å². The molecule has 1 rings (SSSR count). The number of thiophene rings is 1. The number of amides is 1. The Morgan fingerprint density at radius 1 is 1.44 bits per heavy atom. The lowest BCUT2D eigenvalue weighted by atomic mass is 10.3. The van der Waals surface area contributed by atoms with Gasteiger partial charge >= 0.3 is 0 Å². The first kappa shape index (κ1) is 12.3. The minimum atomic E-state index is -0.172. The normalized spacial score (nSPS) is 9.50. The Bertz CT molecular complexity index is 398. The molecule has 0 fully saturated rings. The second-order valence-electron chi connectivity index (χ2n) is 3.06. The first-order valence-corrected chi connectivity index (χ1v) is 5.63. The number of nitrogens with one attached hydrogen (secondary N) is 2. The van der Waals surface area contributed by atoms with Gasteiger partial charge in [0.05, 0.1) is 10.7 Å². The number of hydrogen-bond donors (Lipinski definition) is 3. The molecule has 86 valence electrons. The van der Waals surface area contributed by atoms with E-state index in [1.54, 1.807) is 18.2 Å². The number of anilines is 2. The SMILES string of the molecule is C=CCNC(=O)c1sc(NCC=C)cc1N. The third-order valence-corrected chi connectivity index (χ3v) is 2.90. The van der Waals surface area contributed by atoms with Crippen LogP contribution in [0.25, 0.3) is 0 Å². The lowest BCUT2D eigenvalue weighted by Crippen LogP contribution is -2.22. The molecule has 0 aliphatic carbocycles. The average Bonchev–Trinajstić information content (AvgIpc) is 2.64. The topological polar surface area (TPSA) is 67.2 Å². The Kier molecular flexibility index (Phi) is 4.60. The molecule has 0 aliphatic heterocycles. The zero-order chi connectivity index (χ0) is 12.0. The largest absolute Gasteiger partial charge is 0.397 e. The van der Waals surface area contributed by atoms with Crippen molar-refractivity contribution < 1.29 is 4.79 Å². The fourth-order valence-corrected chi connectivity index (χ4v) is 1.99. The Labute approximate surface area is 98.8 Å². The molecule has 0 bridgehead atoms. The molecular weight excluding hydrogens is 222 g/mol. The van der Waals surface area contributed by atoms with Crippen LogP contribution in [0, 0.1) is 0 Å². The van der Waals surface area contributed by atoms with Gasteiger partial charge in [-0.25, -0.2) is 0 Å². The van der Waals surface area contributed by atoms with Crippen LogP contribution < -0.4 is 16.4 Å². The van der Waals surface area contributed by atoms with E-state index in [-0.39, 0.29) is 5.91 Å². The maximum absolute atomic E-state index is 11.6. The van der Waals surface area contributed by atoms with E-state index < -0.39 is 0 Å². The molecular formula is C11H15N3OS. The molecule has 0 spiro atoms. The number of carbonyl (C=O) groups is 1. The fraction of sp³-hybridized carbons (Fsp3) is 0.182. The van der Waals surface area contributed by atoms with Crippen molar-refractivity contribution in [1.82, 2.24) is 5.32 Å².